The van der Waals surface area contributed by atoms with Crippen molar-refractivity contribution in [2.75, 3.05) is 6.61 Å². The zero-order valence-electron chi connectivity index (χ0n) is 23.4. The van der Waals surface area contributed by atoms with Crippen molar-refractivity contribution < 1.29 is 64.0 Å². The summed E-state index contributed by atoms with van der Waals surface area (Å²) in [5, 5.41) is 59.6. The Bertz CT molecular complexity index is 1180. The third-order valence-corrected chi connectivity index (χ3v) is 7.93. The Balaban J connectivity index is 1.30. The number of ketones is 2. The number of Topliss-reactive ketones (excluding diaryl/α,β-unsaturated/α-hetero) is 2. The Kier molecular flexibility index (Phi) is 11.1. The van der Waals surface area contributed by atoms with E-state index in [1.807, 2.05) is 0 Å². The molecule has 13 nitrogen and oxygen atoms in total. The molecule has 1 aromatic carbocycles. The number of carbonyl (C=O) groups is 3. The summed E-state index contributed by atoms with van der Waals surface area (Å²) in [6.45, 7) is 3.16. The fraction of sp³-hybridized carbons (Fsp3) is 0.567. The summed E-state index contributed by atoms with van der Waals surface area (Å²) in [7, 11) is 0. The normalized spacial score (nSPS) is 32.9. The highest BCUT2D eigenvalue weighted by molar-refractivity contribution is 5.90. The van der Waals surface area contributed by atoms with Gasteiger partial charge in [0.15, 0.2) is 6.29 Å². The predicted molar refractivity (Wildman–Crippen MR) is 146 cm³/mol. The van der Waals surface area contributed by atoms with E-state index in [1.54, 1.807) is 12.1 Å². The molecule has 0 aliphatic carbocycles. The molecule has 10 unspecified atom stereocenters. The average molecular weight is 607 g/mol. The van der Waals surface area contributed by atoms with Crippen LogP contribution in [-0.2, 0) is 39.8 Å². The van der Waals surface area contributed by atoms with Crippen molar-refractivity contribution in [2.45, 2.75) is 87.7 Å². The first-order valence-corrected chi connectivity index (χ1v) is 14.1. The van der Waals surface area contributed by atoms with E-state index in [-0.39, 0.29) is 55.0 Å². The number of rotatable bonds is 13. The third-order valence-electron chi connectivity index (χ3n) is 7.93. The minimum absolute atomic E-state index is 0.123. The standard InChI is InChI=1S/C30H38O13/c1-2-21-22-12-20(11-19(35)10-18(34)9-17(33)8-5-15-3-6-16(32)7-4-15)41-28(39)23(22)14-40-29(21)43-30-27(38)26(37)25(36)24(13-31)42-30/h2-4,6-7,14,18,20-22,24-27,29-32,34,36-38H,1,5,8-13H2. The summed E-state index contributed by atoms with van der Waals surface area (Å²) in [5.74, 6) is -2.40. The molecule has 43 heavy (non-hydrogen) atoms. The van der Waals surface area contributed by atoms with Crippen LogP contribution >= 0.6 is 0 Å². The van der Waals surface area contributed by atoms with Gasteiger partial charge in [0.1, 0.15) is 47.8 Å². The molecule has 10 atom stereocenters. The van der Waals surface area contributed by atoms with Crippen molar-refractivity contribution >= 4 is 17.5 Å². The fourth-order valence-electron chi connectivity index (χ4n) is 5.57. The number of phenols is 1. The summed E-state index contributed by atoms with van der Waals surface area (Å²) < 4.78 is 22.2. The first-order chi connectivity index (χ1) is 20.5. The van der Waals surface area contributed by atoms with E-state index in [1.165, 1.54) is 18.2 Å². The van der Waals surface area contributed by atoms with E-state index in [4.69, 9.17) is 18.9 Å². The lowest BCUT2D eigenvalue weighted by molar-refractivity contribution is -0.339. The van der Waals surface area contributed by atoms with Gasteiger partial charge >= 0.3 is 5.97 Å². The van der Waals surface area contributed by atoms with Gasteiger partial charge in [-0.05, 0) is 30.5 Å². The number of hydrogen-bond donors (Lipinski definition) is 6. The Morgan fingerprint density at radius 2 is 1.74 bits per heavy atom. The Labute approximate surface area is 247 Å². The molecular formula is C30H38O13. The van der Waals surface area contributed by atoms with E-state index < -0.39 is 73.6 Å². The molecule has 3 heterocycles. The van der Waals surface area contributed by atoms with Gasteiger partial charge in [-0.25, -0.2) is 4.79 Å². The van der Waals surface area contributed by atoms with Crippen LogP contribution in [0.3, 0.4) is 0 Å². The summed E-state index contributed by atoms with van der Waals surface area (Å²) in [6, 6.07) is 6.45. The average Bonchev–Trinajstić information content (AvgIpc) is 2.96. The van der Waals surface area contributed by atoms with Crippen LogP contribution in [0.2, 0.25) is 0 Å². The highest BCUT2D eigenvalue weighted by Crippen LogP contribution is 2.41. The second-order valence-electron chi connectivity index (χ2n) is 11.1. The third kappa shape index (κ3) is 8.06. The number of hydrogen-bond acceptors (Lipinski definition) is 13. The monoisotopic (exact) mass is 606 g/mol. The van der Waals surface area contributed by atoms with Crippen LogP contribution < -0.4 is 0 Å². The van der Waals surface area contributed by atoms with Gasteiger partial charge in [0.25, 0.3) is 0 Å². The summed E-state index contributed by atoms with van der Waals surface area (Å²) in [4.78, 5) is 37.8. The maximum Gasteiger partial charge on any atom is 0.337 e. The second-order valence-corrected chi connectivity index (χ2v) is 11.1. The number of esters is 1. The molecule has 4 rings (SSSR count). The molecule has 3 aliphatic heterocycles. The van der Waals surface area contributed by atoms with Gasteiger partial charge in [0.05, 0.1) is 24.5 Å². The Morgan fingerprint density at radius 3 is 2.42 bits per heavy atom. The molecule has 1 aromatic rings. The lowest BCUT2D eigenvalue weighted by atomic mass is 9.78. The number of aliphatic hydroxyl groups is 5. The maximum atomic E-state index is 12.7. The first-order valence-electron chi connectivity index (χ1n) is 14.1. The van der Waals surface area contributed by atoms with Crippen molar-refractivity contribution in [3.63, 3.8) is 0 Å². The molecule has 2 fully saturated rings. The molecule has 0 amide bonds. The molecular weight excluding hydrogens is 568 g/mol. The van der Waals surface area contributed by atoms with Crippen molar-refractivity contribution in [2.24, 2.45) is 11.8 Å². The van der Waals surface area contributed by atoms with E-state index in [0.717, 1.165) is 11.8 Å². The summed E-state index contributed by atoms with van der Waals surface area (Å²) in [5.41, 5.74) is 1.05. The van der Waals surface area contributed by atoms with Gasteiger partial charge in [-0.15, -0.1) is 6.58 Å². The van der Waals surface area contributed by atoms with Crippen LogP contribution in [0.5, 0.6) is 5.75 Å². The number of aromatic hydroxyl groups is 1. The van der Waals surface area contributed by atoms with Gasteiger partial charge < -0.3 is 49.6 Å². The number of fused-ring (bicyclic) bond motifs is 1. The van der Waals surface area contributed by atoms with Gasteiger partial charge in [-0.2, -0.15) is 0 Å². The number of aliphatic hydroxyl groups excluding tert-OH is 5. The first kappa shape index (κ1) is 32.7. The van der Waals surface area contributed by atoms with Crippen molar-refractivity contribution in [1.82, 2.24) is 0 Å². The van der Waals surface area contributed by atoms with Gasteiger partial charge in [-0.3, -0.25) is 9.59 Å². The van der Waals surface area contributed by atoms with Crippen LogP contribution in [0.25, 0.3) is 0 Å². The zero-order chi connectivity index (χ0) is 31.3. The molecule has 0 radical (unpaired) electrons. The zero-order valence-corrected chi connectivity index (χ0v) is 23.4. The summed E-state index contributed by atoms with van der Waals surface area (Å²) >= 11 is 0. The number of ether oxygens (including phenoxy) is 4. The molecule has 0 saturated carbocycles. The SMILES string of the molecule is C=CC1C(OC2OC(CO)C(O)C(O)C2O)OC=C2C(=O)OC(CC(=O)CC(O)CC(=O)CCc3ccc(O)cc3)CC21. The molecule has 2 saturated heterocycles. The largest absolute Gasteiger partial charge is 0.508 e. The number of phenolic OH excluding ortho intramolecular Hbond substituents is 1. The number of cyclic esters (lactones) is 1. The highest BCUT2D eigenvalue weighted by Gasteiger charge is 2.49. The molecule has 236 valence electrons. The quantitative estimate of drug-likeness (QED) is 0.127. The number of aryl methyl sites for hydroxylation is 1. The minimum Gasteiger partial charge on any atom is -0.508 e. The van der Waals surface area contributed by atoms with Crippen LogP contribution in [0.4, 0.5) is 0 Å². The van der Waals surface area contributed by atoms with Crippen LogP contribution in [0.1, 0.15) is 37.7 Å². The van der Waals surface area contributed by atoms with E-state index in [2.05, 4.69) is 6.58 Å². The van der Waals surface area contributed by atoms with Gasteiger partial charge in [0, 0.05) is 37.5 Å². The molecule has 0 bridgehead atoms. The topological polar surface area (TPSA) is 210 Å². The van der Waals surface area contributed by atoms with Gasteiger partial charge in [-0.1, -0.05) is 18.2 Å². The van der Waals surface area contributed by atoms with E-state index in [9.17, 15) is 45.0 Å². The van der Waals surface area contributed by atoms with Crippen molar-refractivity contribution in [3.05, 3.63) is 54.3 Å². The molecule has 6 N–H and O–H groups in total. The lowest BCUT2D eigenvalue weighted by Crippen LogP contribution is -2.60. The number of benzene rings is 1. The summed E-state index contributed by atoms with van der Waals surface area (Å²) in [6.07, 6.45) is -7.92. The van der Waals surface area contributed by atoms with Crippen molar-refractivity contribution in [3.8, 4) is 5.75 Å². The van der Waals surface area contributed by atoms with E-state index >= 15 is 0 Å². The molecule has 0 aromatic heterocycles. The second kappa shape index (κ2) is 14.5. The molecule has 0 spiro atoms. The molecule has 13 heteroatoms. The highest BCUT2D eigenvalue weighted by atomic mass is 16.8. The molecule has 3 aliphatic rings. The Hall–Kier alpha value is -3.17. The minimum atomic E-state index is -1.66. The lowest BCUT2D eigenvalue weighted by Gasteiger charge is -2.44. The van der Waals surface area contributed by atoms with Gasteiger partial charge in [0.2, 0.25) is 6.29 Å². The fourth-order valence-corrected chi connectivity index (χ4v) is 5.57. The maximum absolute atomic E-state index is 12.7. The van der Waals surface area contributed by atoms with Crippen LogP contribution in [0, 0.1) is 11.8 Å². The van der Waals surface area contributed by atoms with Crippen molar-refractivity contribution in [1.29, 1.82) is 0 Å². The smallest absolute Gasteiger partial charge is 0.337 e. The number of carbonyl (C=O) groups excluding carboxylic acids is 3. The van der Waals surface area contributed by atoms with E-state index in [0.29, 0.717) is 6.42 Å². The van der Waals surface area contributed by atoms with Crippen LogP contribution in [0.15, 0.2) is 48.8 Å². The predicted octanol–water partition coefficient (Wildman–Crippen LogP) is -0.215. The Morgan fingerprint density at radius 1 is 1.05 bits per heavy atom. The van der Waals surface area contributed by atoms with Crippen LogP contribution in [-0.4, -0.2) is 104 Å².